The van der Waals surface area contributed by atoms with Gasteiger partial charge < -0.3 is 14.8 Å². The van der Waals surface area contributed by atoms with Crippen molar-refractivity contribution in [3.63, 3.8) is 0 Å². The number of rotatable bonds is 11. The maximum atomic E-state index is 12.9. The van der Waals surface area contributed by atoms with E-state index in [-0.39, 0.29) is 16.9 Å². The van der Waals surface area contributed by atoms with Crippen LogP contribution in [0.4, 0.5) is 5.69 Å². The number of hydrogen-bond donors (Lipinski definition) is 1. The van der Waals surface area contributed by atoms with Gasteiger partial charge in [-0.3, -0.25) is 4.79 Å². The molecule has 2 aromatic carbocycles. The molecule has 1 N–H and O–H groups in total. The van der Waals surface area contributed by atoms with Crippen LogP contribution in [0.15, 0.2) is 51.8 Å². The number of ether oxygens (including phenoxy) is 2. The number of benzene rings is 2. The lowest BCUT2D eigenvalue weighted by Gasteiger charge is -2.21. The molecule has 33 heavy (non-hydrogen) atoms. The largest absolute Gasteiger partial charge is 0.490 e. The van der Waals surface area contributed by atoms with E-state index in [2.05, 4.69) is 21.2 Å². The van der Waals surface area contributed by atoms with Gasteiger partial charge in [0.05, 0.1) is 15.5 Å². The van der Waals surface area contributed by atoms with Gasteiger partial charge in [0.25, 0.3) is 5.91 Å². The summed E-state index contributed by atoms with van der Waals surface area (Å²) in [5.41, 5.74) is 0.978. The fraction of sp³-hybridized carbons (Fsp3) is 0.458. The normalized spacial score (nSPS) is 16.2. The average molecular weight is 539 g/mol. The highest BCUT2D eigenvalue weighted by molar-refractivity contribution is 9.10. The third-order valence-electron chi connectivity index (χ3n) is 5.34. The summed E-state index contributed by atoms with van der Waals surface area (Å²) in [6, 6.07) is 11.4. The minimum atomic E-state index is -3.55. The first-order chi connectivity index (χ1) is 15.8. The fourth-order valence-electron chi connectivity index (χ4n) is 3.63. The Bertz CT molecular complexity index is 1030. The smallest absolute Gasteiger partial charge is 0.255 e. The van der Waals surface area contributed by atoms with E-state index in [0.717, 1.165) is 32.3 Å². The van der Waals surface area contributed by atoms with Gasteiger partial charge in [-0.15, -0.1) is 0 Å². The Labute approximate surface area is 204 Å². The van der Waals surface area contributed by atoms with Crippen molar-refractivity contribution in [2.75, 3.05) is 31.6 Å². The number of nitrogens with zero attached hydrogens (tertiary/aromatic N) is 1. The molecule has 3 rings (SSSR count). The van der Waals surface area contributed by atoms with Gasteiger partial charge in [0, 0.05) is 30.9 Å². The van der Waals surface area contributed by atoms with Gasteiger partial charge >= 0.3 is 0 Å². The molecular weight excluding hydrogens is 508 g/mol. The minimum Gasteiger partial charge on any atom is -0.490 e. The number of sulfonamides is 1. The van der Waals surface area contributed by atoms with Crippen molar-refractivity contribution >= 4 is 37.5 Å². The van der Waals surface area contributed by atoms with Crippen molar-refractivity contribution in [2.45, 2.75) is 50.5 Å². The molecule has 1 heterocycles. The molecule has 1 amide bonds. The van der Waals surface area contributed by atoms with E-state index in [1.54, 1.807) is 30.3 Å². The van der Waals surface area contributed by atoms with E-state index in [1.165, 1.54) is 16.4 Å². The number of carbonyl (C=O) groups excluding carboxylic acids is 1. The van der Waals surface area contributed by atoms with Crippen molar-refractivity contribution in [3.8, 4) is 5.75 Å². The molecule has 0 aliphatic carbocycles. The van der Waals surface area contributed by atoms with Gasteiger partial charge in [-0.2, -0.15) is 4.31 Å². The zero-order valence-corrected chi connectivity index (χ0v) is 21.5. The summed E-state index contributed by atoms with van der Waals surface area (Å²) in [5.74, 6) is 0.357. The molecular formula is C24H31BrN2O5S. The van der Waals surface area contributed by atoms with Crippen molar-refractivity contribution in [3.05, 3.63) is 52.5 Å². The van der Waals surface area contributed by atoms with E-state index in [4.69, 9.17) is 9.47 Å². The molecule has 1 aliphatic rings. The van der Waals surface area contributed by atoms with Crippen LogP contribution >= 0.6 is 15.9 Å². The van der Waals surface area contributed by atoms with Crippen LogP contribution in [0, 0.1) is 0 Å². The molecule has 1 saturated heterocycles. The van der Waals surface area contributed by atoms with Gasteiger partial charge in [-0.1, -0.05) is 13.8 Å². The summed E-state index contributed by atoms with van der Waals surface area (Å²) >= 11 is 3.46. The summed E-state index contributed by atoms with van der Waals surface area (Å²) in [5, 5.41) is 2.81. The lowest BCUT2D eigenvalue weighted by Crippen LogP contribution is -2.32. The number of halogens is 1. The first-order valence-electron chi connectivity index (χ1n) is 11.3. The molecule has 0 aromatic heterocycles. The zero-order chi connectivity index (χ0) is 23.8. The fourth-order valence-corrected chi connectivity index (χ4v) is 5.75. The maximum Gasteiger partial charge on any atom is 0.255 e. The predicted molar refractivity (Wildman–Crippen MR) is 132 cm³/mol. The quantitative estimate of drug-likeness (QED) is 0.431. The second-order valence-electron chi connectivity index (χ2n) is 7.97. The molecule has 2 aromatic rings. The third kappa shape index (κ3) is 6.79. The predicted octanol–water partition coefficient (Wildman–Crippen LogP) is 5.07. The number of anilines is 1. The molecule has 1 atom stereocenters. The SMILES string of the molecule is CCCN(CCC)S(=O)(=O)c1ccc(NC(=O)c2ccc(OCC3CCCO3)c(Br)c2)cc1. The summed E-state index contributed by atoms with van der Waals surface area (Å²) in [4.78, 5) is 12.9. The number of carbonyl (C=O) groups is 1. The van der Waals surface area contributed by atoms with E-state index < -0.39 is 10.0 Å². The van der Waals surface area contributed by atoms with Crippen molar-refractivity contribution in [1.82, 2.24) is 4.31 Å². The molecule has 0 spiro atoms. The van der Waals surface area contributed by atoms with Crippen LogP contribution in [0.25, 0.3) is 0 Å². The summed E-state index contributed by atoms with van der Waals surface area (Å²) in [6.45, 7) is 6.13. The number of nitrogens with one attached hydrogen (secondary N) is 1. The van der Waals surface area contributed by atoms with Gasteiger partial charge in [0.1, 0.15) is 12.4 Å². The zero-order valence-electron chi connectivity index (χ0n) is 19.1. The highest BCUT2D eigenvalue weighted by Crippen LogP contribution is 2.28. The molecule has 0 saturated carbocycles. The monoisotopic (exact) mass is 538 g/mol. The Morgan fingerprint density at radius 2 is 1.85 bits per heavy atom. The Balaban J connectivity index is 1.63. The Kier molecular flexibility index (Phi) is 9.31. The highest BCUT2D eigenvalue weighted by Gasteiger charge is 2.23. The van der Waals surface area contributed by atoms with E-state index in [0.29, 0.717) is 41.2 Å². The standard InChI is InChI=1S/C24H31BrN2O5S/c1-3-13-27(14-4-2)33(29,30)21-10-8-19(9-11-21)26-24(28)18-7-12-23(22(25)16-18)32-17-20-6-5-15-31-20/h7-12,16,20H,3-6,13-15,17H2,1-2H3,(H,26,28). The van der Waals surface area contributed by atoms with Gasteiger partial charge in [-0.25, -0.2) is 8.42 Å². The van der Waals surface area contributed by atoms with Crippen LogP contribution in [0.5, 0.6) is 5.75 Å². The van der Waals surface area contributed by atoms with Crippen LogP contribution in [0.3, 0.4) is 0 Å². The molecule has 7 nitrogen and oxygen atoms in total. The van der Waals surface area contributed by atoms with Crippen LogP contribution in [0.2, 0.25) is 0 Å². The van der Waals surface area contributed by atoms with Crippen LogP contribution in [0.1, 0.15) is 49.9 Å². The average Bonchev–Trinajstić information content (AvgIpc) is 3.32. The second kappa shape index (κ2) is 12.0. The van der Waals surface area contributed by atoms with E-state index >= 15 is 0 Å². The summed E-state index contributed by atoms with van der Waals surface area (Å²) in [7, 11) is -3.55. The molecule has 180 valence electrons. The maximum absolute atomic E-state index is 12.9. The lowest BCUT2D eigenvalue weighted by molar-refractivity contribution is 0.0677. The van der Waals surface area contributed by atoms with Crippen LogP contribution < -0.4 is 10.1 Å². The van der Waals surface area contributed by atoms with Crippen LogP contribution in [-0.2, 0) is 14.8 Å². The summed E-state index contributed by atoms with van der Waals surface area (Å²) in [6.07, 6.45) is 3.66. The van der Waals surface area contributed by atoms with Crippen molar-refractivity contribution in [1.29, 1.82) is 0 Å². The Morgan fingerprint density at radius 1 is 1.15 bits per heavy atom. The summed E-state index contributed by atoms with van der Waals surface area (Å²) < 4.78 is 39.3. The Morgan fingerprint density at radius 3 is 2.42 bits per heavy atom. The van der Waals surface area contributed by atoms with Gasteiger partial charge in [0.2, 0.25) is 10.0 Å². The minimum absolute atomic E-state index is 0.114. The lowest BCUT2D eigenvalue weighted by atomic mass is 10.2. The highest BCUT2D eigenvalue weighted by atomic mass is 79.9. The van der Waals surface area contributed by atoms with Crippen molar-refractivity contribution < 1.29 is 22.7 Å². The molecule has 0 radical (unpaired) electrons. The van der Waals surface area contributed by atoms with Gasteiger partial charge in [-0.05, 0) is 84.1 Å². The number of amides is 1. The van der Waals surface area contributed by atoms with Gasteiger partial charge in [0.15, 0.2) is 0 Å². The van der Waals surface area contributed by atoms with E-state index in [1.807, 2.05) is 13.8 Å². The topological polar surface area (TPSA) is 84.9 Å². The van der Waals surface area contributed by atoms with Crippen LogP contribution in [-0.4, -0.2) is 51.0 Å². The first kappa shape index (κ1) is 25.7. The van der Waals surface area contributed by atoms with E-state index in [9.17, 15) is 13.2 Å². The third-order valence-corrected chi connectivity index (χ3v) is 7.87. The molecule has 1 aliphatic heterocycles. The molecule has 9 heteroatoms. The Hall–Kier alpha value is -1.94. The first-order valence-corrected chi connectivity index (χ1v) is 13.5. The number of hydrogen-bond acceptors (Lipinski definition) is 5. The molecule has 0 bridgehead atoms. The second-order valence-corrected chi connectivity index (χ2v) is 10.8. The molecule has 1 fully saturated rings. The van der Waals surface area contributed by atoms with Crippen molar-refractivity contribution in [2.24, 2.45) is 0 Å². The molecule has 1 unspecified atom stereocenters.